The number of rotatable bonds is 15. The Morgan fingerprint density at radius 3 is 1.39 bits per heavy atom. The first-order valence-electron chi connectivity index (χ1n) is 26.7. The van der Waals surface area contributed by atoms with Crippen LogP contribution in [0.5, 0.6) is 0 Å². The molecule has 10 nitrogen and oxygen atoms in total. The van der Waals surface area contributed by atoms with Crippen molar-refractivity contribution in [1.82, 2.24) is 0 Å². The van der Waals surface area contributed by atoms with Crippen LogP contribution in [0.25, 0.3) is 81.0 Å². The second-order valence-corrected chi connectivity index (χ2v) is 23.7. The zero-order chi connectivity index (χ0) is 59.9. The minimum atomic E-state index is -5.14. The van der Waals surface area contributed by atoms with Gasteiger partial charge in [0.15, 0.2) is 33.0 Å². The molecular weight excluding hydrogens is 1170 g/mol. The molecule has 0 spiro atoms. The molecule has 1 fully saturated rings. The van der Waals surface area contributed by atoms with Crippen LogP contribution in [0, 0.1) is 17.8 Å². The van der Waals surface area contributed by atoms with Gasteiger partial charge in [0, 0.05) is 23.7 Å². The maximum absolute atomic E-state index is 15.1. The fraction of sp³-hybridized carbons (Fsp3) is 0.383. The number of hydrogen-bond acceptors (Lipinski definition) is 10. The van der Waals surface area contributed by atoms with E-state index in [0.717, 1.165) is 0 Å². The van der Waals surface area contributed by atoms with Crippen LogP contribution in [0.4, 0.5) is 65.9 Å². The summed E-state index contributed by atoms with van der Waals surface area (Å²) >= 11 is 0. The second kappa shape index (κ2) is 15.8. The molecule has 0 amide bonds. The summed E-state index contributed by atoms with van der Waals surface area (Å²) in [7, 11) is 0. The first-order valence-corrected chi connectivity index (χ1v) is 26.7. The van der Waals surface area contributed by atoms with Gasteiger partial charge in [-0.1, -0.05) is 48.0 Å². The fourth-order valence-corrected chi connectivity index (χ4v) is 18.0. The van der Waals surface area contributed by atoms with Gasteiger partial charge in [0.05, 0.1) is 36.5 Å². The molecule has 0 saturated heterocycles. The molecule has 0 radical (unpaired) electrons. The molecule has 8 aromatic carbocycles. The second-order valence-electron chi connectivity index (χ2n) is 23.7. The molecule has 16 rings (SSSR count). The summed E-state index contributed by atoms with van der Waals surface area (Å²) in [5.74, 6) is -13.4. The summed E-state index contributed by atoms with van der Waals surface area (Å²) in [6.45, 7) is -10.6. The van der Waals surface area contributed by atoms with Crippen LogP contribution in [-0.2, 0) is 63.9 Å². The van der Waals surface area contributed by atoms with Crippen molar-refractivity contribution < 1.29 is 114 Å². The number of halogens is 15. The third-order valence-electron chi connectivity index (χ3n) is 19.5. The lowest BCUT2D eigenvalue weighted by Crippen LogP contribution is -2.53. The molecule has 1 saturated carbocycles. The Morgan fingerprint density at radius 2 is 0.859 bits per heavy atom. The van der Waals surface area contributed by atoms with E-state index >= 15 is 4.79 Å². The van der Waals surface area contributed by atoms with Gasteiger partial charge in [-0.05, 0) is 149 Å². The average molecular weight is 1200 g/mol. The van der Waals surface area contributed by atoms with Crippen molar-refractivity contribution in [2.75, 3.05) is 33.0 Å². The first-order chi connectivity index (χ1) is 39.8. The number of ether oxygens (including phenoxy) is 5. The van der Waals surface area contributed by atoms with Gasteiger partial charge >= 0.3 is 60.7 Å². The number of fused-ring (bicyclic) bond motifs is 5. The molecule has 85 heavy (non-hydrogen) atoms. The quantitative estimate of drug-likeness (QED) is 0.0423. The van der Waals surface area contributed by atoms with Crippen LogP contribution in [0.2, 0.25) is 0 Å². The summed E-state index contributed by atoms with van der Waals surface area (Å²) in [5.41, 5.74) is -5.47. The number of allylic oxidation sites excluding steroid dienone is 6. The Hall–Kier alpha value is -7.86. The molecule has 8 aliphatic carbocycles. The van der Waals surface area contributed by atoms with E-state index in [2.05, 4.69) is 0 Å². The van der Waals surface area contributed by atoms with Crippen molar-refractivity contribution in [3.63, 3.8) is 0 Å². The van der Waals surface area contributed by atoms with Gasteiger partial charge in [-0.2, -0.15) is 65.9 Å². The molecular formula is C60H33F15O10. The normalized spacial score (nSPS) is 25.7. The molecule has 25 heteroatoms. The van der Waals surface area contributed by atoms with Crippen molar-refractivity contribution in [2.24, 2.45) is 17.8 Å². The molecule has 8 aliphatic rings. The zero-order valence-electron chi connectivity index (χ0n) is 42.9. The maximum Gasteiger partial charge on any atom is 0.422 e. The van der Waals surface area contributed by atoms with Crippen LogP contribution in [0.1, 0.15) is 77.8 Å². The number of carbonyl (C=O) groups excluding carboxylic acids is 5. The Morgan fingerprint density at radius 1 is 0.435 bits per heavy atom. The Labute approximate surface area is 463 Å². The average Bonchev–Trinajstić information content (AvgIpc) is 1.42. The first kappa shape index (κ1) is 52.7. The lowest BCUT2D eigenvalue weighted by Gasteiger charge is -2.56. The predicted octanol–water partition coefficient (Wildman–Crippen LogP) is 13.5. The predicted molar refractivity (Wildman–Crippen MR) is 266 cm³/mol. The summed E-state index contributed by atoms with van der Waals surface area (Å²) < 4.78 is 236. The lowest BCUT2D eigenvalue weighted by atomic mass is 9.45. The van der Waals surface area contributed by atoms with Gasteiger partial charge in [-0.3, -0.25) is 24.0 Å². The van der Waals surface area contributed by atoms with Gasteiger partial charge in [-0.25, -0.2) is 0 Å². The van der Waals surface area contributed by atoms with Crippen molar-refractivity contribution in [1.29, 1.82) is 0 Å². The maximum atomic E-state index is 15.1. The number of hydrogen-bond donors (Lipinski definition) is 0. The van der Waals surface area contributed by atoms with Crippen molar-refractivity contribution in [3.05, 3.63) is 98.1 Å². The van der Waals surface area contributed by atoms with Crippen molar-refractivity contribution in [2.45, 2.75) is 91.6 Å². The van der Waals surface area contributed by atoms with E-state index in [-0.39, 0.29) is 62.1 Å². The van der Waals surface area contributed by atoms with Gasteiger partial charge in [0.2, 0.25) is 0 Å². The van der Waals surface area contributed by atoms with Gasteiger partial charge in [0.25, 0.3) is 0 Å². The highest BCUT2D eigenvalue weighted by molar-refractivity contribution is 6.54. The molecule has 0 aromatic heterocycles. The minimum Gasteiger partial charge on any atom is -0.456 e. The van der Waals surface area contributed by atoms with E-state index in [1.54, 1.807) is 24.3 Å². The van der Waals surface area contributed by atoms with E-state index in [1.165, 1.54) is 6.08 Å². The fourth-order valence-electron chi connectivity index (χ4n) is 18.0. The molecule has 0 heterocycles. The number of alkyl halides is 15. The summed E-state index contributed by atoms with van der Waals surface area (Å²) in [6, 6.07) is 10.6. The standard InChI is InChI=1S/C60H33F15O10/c61-56(62,63)14-81-29(76)9-19-7-27-25-5-3-23-21-1-2-22-24-4-6-26-28-8-20(10-30(77)82-15-57(64,65)66)35-34(19)46-52-47(35)54(28,12-32(79)84-17-59(70,71)72)49-41(26)39(24)43-37(22)36(21)42-38(23)40(25)48(53(27,46)11-31(78)83-16-58(67,68)69)50-44(42)45(43)51(49)55(50,52)13-33(80)85-18-60(73,74)75/h1-7,19-20,28,35H,8-18H2/t19?,20?,28?,35?,53?,54?,55-/m0/s1. The molecule has 0 N–H and O–H groups in total. The third-order valence-corrected chi connectivity index (χ3v) is 19.5. The van der Waals surface area contributed by atoms with Crippen LogP contribution < -0.4 is 0 Å². The van der Waals surface area contributed by atoms with Crippen LogP contribution in [0.15, 0.2) is 64.8 Å². The van der Waals surface area contributed by atoms with Crippen LogP contribution in [0.3, 0.4) is 0 Å². The SMILES string of the molecule is O=C(CC1C=C2c3ccc4c5ccc6c7ccc8c9c%10c%11c%12c%13c%14c(c3c4c%13c5c6c%12c97)C2(CC(=O)OCC(F)(F)F)C2=C1C1C(=C2[C@@]%14%11CC(=O)OCC(F)(F)F)C%10(CC(=O)OCC(F)(F)F)C8CC1CC(=O)OCC(F)(F)F)OCC(F)(F)F. The smallest absolute Gasteiger partial charge is 0.422 e. The highest BCUT2D eigenvalue weighted by atomic mass is 19.4. The van der Waals surface area contributed by atoms with Gasteiger partial charge in [0.1, 0.15) is 0 Å². The minimum absolute atomic E-state index is 0.0476. The van der Waals surface area contributed by atoms with Gasteiger partial charge in [-0.15, -0.1) is 0 Å². The summed E-state index contributed by atoms with van der Waals surface area (Å²) in [4.78, 5) is 73.2. The largest absolute Gasteiger partial charge is 0.456 e. The van der Waals surface area contributed by atoms with E-state index in [0.29, 0.717) is 81.0 Å². The Kier molecular flexibility index (Phi) is 9.77. The van der Waals surface area contributed by atoms with Crippen LogP contribution >= 0.6 is 0 Å². The highest BCUT2D eigenvalue weighted by Gasteiger charge is 2.76. The molecule has 6 unspecified atom stereocenters. The van der Waals surface area contributed by atoms with Gasteiger partial charge < -0.3 is 23.7 Å². The number of carbonyl (C=O) groups is 5. The monoisotopic (exact) mass is 1200 g/mol. The van der Waals surface area contributed by atoms with Crippen LogP contribution in [-0.4, -0.2) is 93.8 Å². The Bertz CT molecular complexity index is 4580. The van der Waals surface area contributed by atoms with E-state index < -0.39 is 166 Å². The summed E-state index contributed by atoms with van der Waals surface area (Å²) in [5, 5.41) is 7.54. The molecule has 0 bridgehead atoms. The molecule has 0 aliphatic heterocycles. The van der Waals surface area contributed by atoms with E-state index in [4.69, 9.17) is 23.7 Å². The van der Waals surface area contributed by atoms with Crippen molar-refractivity contribution >= 4 is 111 Å². The Balaban J connectivity index is 1.11. The topological polar surface area (TPSA) is 132 Å². The molecule has 7 atom stereocenters. The van der Waals surface area contributed by atoms with Crippen molar-refractivity contribution in [3.8, 4) is 0 Å². The number of esters is 5. The zero-order valence-corrected chi connectivity index (χ0v) is 42.9. The number of benzene rings is 6. The lowest BCUT2D eigenvalue weighted by molar-refractivity contribution is -0.188. The highest BCUT2D eigenvalue weighted by Crippen LogP contribution is 2.84. The molecule has 8 aromatic rings. The third kappa shape index (κ3) is 6.48. The van der Waals surface area contributed by atoms with E-state index in [1.807, 2.05) is 12.1 Å². The van der Waals surface area contributed by atoms with E-state index in [9.17, 15) is 85.0 Å². The molecule has 438 valence electrons. The summed E-state index contributed by atoms with van der Waals surface area (Å²) in [6.07, 6.45) is -29.8.